The molecular weight excluding hydrogens is 298 g/mol. The highest BCUT2D eigenvalue weighted by atomic mass is 32.2. The van der Waals surface area contributed by atoms with Gasteiger partial charge >= 0.3 is 0 Å². The number of ether oxygens (including phenoxy) is 1. The lowest BCUT2D eigenvalue weighted by atomic mass is 10.2. The van der Waals surface area contributed by atoms with Crippen molar-refractivity contribution in [3.8, 4) is 5.75 Å². The summed E-state index contributed by atoms with van der Waals surface area (Å²) in [7, 11) is -2.02. The molecule has 0 spiro atoms. The third kappa shape index (κ3) is 3.09. The molecule has 4 nitrogen and oxygen atoms in total. The molecule has 0 radical (unpaired) electrons. The maximum Gasteiger partial charge on any atom is 0.264 e. The lowest BCUT2D eigenvalue weighted by Gasteiger charge is -2.23. The van der Waals surface area contributed by atoms with Gasteiger partial charge in [0.05, 0.1) is 17.7 Å². The molecule has 0 fully saturated rings. The summed E-state index contributed by atoms with van der Waals surface area (Å²) < 4.78 is 32.4. The van der Waals surface area contributed by atoms with Crippen LogP contribution >= 0.6 is 0 Å². The van der Waals surface area contributed by atoms with E-state index in [9.17, 15) is 8.42 Å². The summed E-state index contributed by atoms with van der Waals surface area (Å²) in [5, 5.41) is 0. The number of anilines is 1. The topological polar surface area (TPSA) is 46.6 Å². The second-order valence-corrected chi connectivity index (χ2v) is 7.00. The van der Waals surface area contributed by atoms with Crippen LogP contribution < -0.4 is 9.04 Å². The zero-order valence-electron chi connectivity index (χ0n) is 13.3. The number of hydrogen-bond acceptors (Lipinski definition) is 3. The first-order chi connectivity index (χ1) is 10.4. The van der Waals surface area contributed by atoms with Crippen LogP contribution in [0.2, 0.25) is 0 Å². The van der Waals surface area contributed by atoms with Crippen molar-refractivity contribution in [3.05, 3.63) is 53.6 Å². The summed E-state index contributed by atoms with van der Waals surface area (Å²) in [6.45, 7) is 5.98. The minimum Gasteiger partial charge on any atom is -0.496 e. The summed E-state index contributed by atoms with van der Waals surface area (Å²) in [5.41, 5.74) is 2.50. The molecule has 0 heterocycles. The molecule has 0 saturated carbocycles. The highest BCUT2D eigenvalue weighted by Gasteiger charge is 2.24. The Labute approximate surface area is 132 Å². The van der Waals surface area contributed by atoms with Gasteiger partial charge in [0.2, 0.25) is 0 Å². The Kier molecular flexibility index (Phi) is 4.76. The first-order valence-corrected chi connectivity index (χ1v) is 8.58. The smallest absolute Gasteiger partial charge is 0.264 e. The third-order valence-corrected chi connectivity index (χ3v) is 5.43. The van der Waals surface area contributed by atoms with Gasteiger partial charge in [0, 0.05) is 6.54 Å². The van der Waals surface area contributed by atoms with Crippen LogP contribution in [0.4, 0.5) is 5.69 Å². The second-order valence-electron chi connectivity index (χ2n) is 5.14. The number of aryl methyl sites for hydroxylation is 2. The minimum absolute atomic E-state index is 0.272. The molecule has 0 saturated heterocycles. The average molecular weight is 319 g/mol. The van der Waals surface area contributed by atoms with Crippen LogP contribution in [-0.4, -0.2) is 22.1 Å². The Morgan fingerprint density at radius 1 is 1.09 bits per heavy atom. The zero-order valence-corrected chi connectivity index (χ0v) is 14.1. The lowest BCUT2D eigenvalue weighted by molar-refractivity contribution is 0.411. The van der Waals surface area contributed by atoms with Crippen molar-refractivity contribution in [2.45, 2.75) is 25.7 Å². The van der Waals surface area contributed by atoms with E-state index in [2.05, 4.69) is 0 Å². The van der Waals surface area contributed by atoms with Crippen LogP contribution in [0, 0.1) is 13.8 Å². The number of methoxy groups -OCH3 is 1. The van der Waals surface area contributed by atoms with E-state index in [1.165, 1.54) is 4.31 Å². The summed E-state index contributed by atoms with van der Waals surface area (Å²) in [6, 6.07) is 12.4. The van der Waals surface area contributed by atoms with Crippen LogP contribution in [0.1, 0.15) is 18.1 Å². The highest BCUT2D eigenvalue weighted by Crippen LogP contribution is 2.27. The molecule has 0 atom stereocenters. The second kappa shape index (κ2) is 6.40. The molecular formula is C17H21NO3S. The molecule has 0 aromatic heterocycles. The summed E-state index contributed by atoms with van der Waals surface area (Å²) in [4.78, 5) is 0.272. The van der Waals surface area contributed by atoms with Crippen molar-refractivity contribution in [2.75, 3.05) is 18.0 Å². The summed E-state index contributed by atoms with van der Waals surface area (Å²) in [5.74, 6) is 0.678. The highest BCUT2D eigenvalue weighted by molar-refractivity contribution is 7.92. The van der Waals surface area contributed by atoms with Gasteiger partial charge in [-0.05, 0) is 62.2 Å². The fourth-order valence-corrected chi connectivity index (χ4v) is 3.96. The van der Waals surface area contributed by atoms with Crippen molar-refractivity contribution in [1.29, 1.82) is 0 Å². The van der Waals surface area contributed by atoms with Crippen molar-refractivity contribution < 1.29 is 13.2 Å². The van der Waals surface area contributed by atoms with Gasteiger partial charge in [-0.25, -0.2) is 8.42 Å². The van der Waals surface area contributed by atoms with Crippen molar-refractivity contribution in [3.63, 3.8) is 0 Å². The SMILES string of the molecule is CCN(c1cccc(C)c1)S(=O)(=O)c1ccc(OC)c(C)c1. The molecule has 5 heteroatoms. The number of benzene rings is 2. The maximum atomic E-state index is 12.9. The third-order valence-electron chi connectivity index (χ3n) is 3.53. The van der Waals surface area contributed by atoms with Gasteiger partial charge in [-0.15, -0.1) is 0 Å². The van der Waals surface area contributed by atoms with E-state index >= 15 is 0 Å². The Bertz CT molecular complexity index is 769. The summed E-state index contributed by atoms with van der Waals surface area (Å²) >= 11 is 0. The molecule has 118 valence electrons. The molecule has 2 aromatic rings. The lowest BCUT2D eigenvalue weighted by Crippen LogP contribution is -2.30. The number of nitrogens with zero attached hydrogens (tertiary/aromatic N) is 1. The van der Waals surface area contributed by atoms with Crippen LogP contribution in [0.5, 0.6) is 5.75 Å². The molecule has 0 aliphatic heterocycles. The van der Waals surface area contributed by atoms with Gasteiger partial charge in [-0.2, -0.15) is 0 Å². The van der Waals surface area contributed by atoms with Gasteiger partial charge in [0.1, 0.15) is 5.75 Å². The molecule has 0 bridgehead atoms. The quantitative estimate of drug-likeness (QED) is 0.847. The monoisotopic (exact) mass is 319 g/mol. The Morgan fingerprint density at radius 3 is 2.36 bits per heavy atom. The molecule has 0 amide bonds. The fourth-order valence-electron chi connectivity index (χ4n) is 2.41. The van der Waals surface area contributed by atoms with Gasteiger partial charge in [-0.3, -0.25) is 4.31 Å². The van der Waals surface area contributed by atoms with E-state index in [-0.39, 0.29) is 4.90 Å². The van der Waals surface area contributed by atoms with E-state index in [4.69, 9.17) is 4.74 Å². The molecule has 0 aliphatic carbocycles. The standard InChI is InChI=1S/C17H21NO3S/c1-5-18(15-8-6-7-13(2)11-15)22(19,20)16-9-10-17(21-4)14(3)12-16/h6-12H,5H2,1-4H3. The molecule has 0 aliphatic rings. The summed E-state index contributed by atoms with van der Waals surface area (Å²) in [6.07, 6.45) is 0. The van der Waals surface area contributed by atoms with Gasteiger partial charge in [-0.1, -0.05) is 12.1 Å². The number of sulfonamides is 1. The van der Waals surface area contributed by atoms with Gasteiger partial charge < -0.3 is 4.74 Å². The van der Waals surface area contributed by atoms with E-state index < -0.39 is 10.0 Å². The van der Waals surface area contributed by atoms with Crippen LogP contribution in [0.3, 0.4) is 0 Å². The molecule has 22 heavy (non-hydrogen) atoms. The molecule has 2 rings (SSSR count). The fraction of sp³-hybridized carbons (Fsp3) is 0.294. The number of rotatable bonds is 5. The molecule has 0 N–H and O–H groups in total. The molecule has 2 aromatic carbocycles. The Balaban J connectivity index is 2.49. The maximum absolute atomic E-state index is 12.9. The minimum atomic E-state index is -3.59. The predicted molar refractivity (Wildman–Crippen MR) is 89.1 cm³/mol. The van der Waals surface area contributed by atoms with Crippen molar-refractivity contribution in [2.24, 2.45) is 0 Å². The van der Waals surface area contributed by atoms with E-state index in [0.29, 0.717) is 18.0 Å². The predicted octanol–water partition coefficient (Wildman–Crippen LogP) is 3.53. The largest absolute Gasteiger partial charge is 0.496 e. The van der Waals surface area contributed by atoms with E-state index in [1.807, 2.05) is 45.0 Å². The van der Waals surface area contributed by atoms with Gasteiger partial charge in [0.25, 0.3) is 10.0 Å². The van der Waals surface area contributed by atoms with Crippen LogP contribution in [0.15, 0.2) is 47.4 Å². The van der Waals surface area contributed by atoms with Gasteiger partial charge in [0.15, 0.2) is 0 Å². The first-order valence-electron chi connectivity index (χ1n) is 7.14. The van der Waals surface area contributed by atoms with Crippen LogP contribution in [-0.2, 0) is 10.0 Å². The van der Waals surface area contributed by atoms with E-state index in [1.54, 1.807) is 25.3 Å². The Morgan fingerprint density at radius 2 is 1.82 bits per heavy atom. The normalized spacial score (nSPS) is 11.3. The van der Waals surface area contributed by atoms with E-state index in [0.717, 1.165) is 11.1 Å². The van der Waals surface area contributed by atoms with Crippen LogP contribution in [0.25, 0.3) is 0 Å². The first kappa shape index (κ1) is 16.4. The Hall–Kier alpha value is -2.01. The van der Waals surface area contributed by atoms with Crippen molar-refractivity contribution >= 4 is 15.7 Å². The zero-order chi connectivity index (χ0) is 16.3. The molecule has 0 unspecified atom stereocenters. The number of hydrogen-bond donors (Lipinski definition) is 0. The van der Waals surface area contributed by atoms with Crippen molar-refractivity contribution in [1.82, 2.24) is 0 Å². The average Bonchev–Trinajstić information content (AvgIpc) is 2.47.